The van der Waals surface area contributed by atoms with Crippen molar-refractivity contribution in [3.05, 3.63) is 60.2 Å². The van der Waals surface area contributed by atoms with Gasteiger partial charge in [0.2, 0.25) is 0 Å². The topological polar surface area (TPSA) is 52.6 Å². The average molecular weight is 439 g/mol. The number of carbonyl (C=O) groups excluding carboxylic acids is 2. The first kappa shape index (κ1) is 25.6. The first-order valence-corrected chi connectivity index (χ1v) is 12.1. The van der Waals surface area contributed by atoms with Gasteiger partial charge in [-0.25, -0.2) is 0 Å². The van der Waals surface area contributed by atoms with Gasteiger partial charge in [0.15, 0.2) is 0 Å². The van der Waals surface area contributed by atoms with Crippen LogP contribution in [-0.4, -0.2) is 18.2 Å². The normalized spacial score (nSPS) is 10.8. The summed E-state index contributed by atoms with van der Waals surface area (Å²) in [5.41, 5.74) is 1.15. The predicted octanol–water partition coefficient (Wildman–Crippen LogP) is 6.95. The smallest absolute Gasteiger partial charge is 0.143 e. The highest BCUT2D eigenvalue weighted by Crippen LogP contribution is 2.20. The summed E-state index contributed by atoms with van der Waals surface area (Å²) in [7, 11) is 0. The van der Waals surface area contributed by atoms with Crippen LogP contribution in [-0.2, 0) is 16.2 Å². The van der Waals surface area contributed by atoms with Crippen LogP contribution in [0.1, 0.15) is 77.2 Å². The highest BCUT2D eigenvalue weighted by molar-refractivity contribution is 6.02. The van der Waals surface area contributed by atoms with E-state index in [1.54, 1.807) is 0 Å². The Bertz CT molecular complexity index is 767. The third kappa shape index (κ3) is 9.67. The Labute approximate surface area is 193 Å². The molecular weight excluding hydrogens is 400 g/mol. The summed E-state index contributed by atoms with van der Waals surface area (Å²) in [6.07, 6.45) is 8.12. The van der Waals surface area contributed by atoms with E-state index in [-0.39, 0.29) is 17.5 Å². The van der Waals surface area contributed by atoms with E-state index in [1.807, 2.05) is 56.3 Å². The Hall–Kier alpha value is -2.62. The van der Waals surface area contributed by atoms with E-state index in [0.717, 1.165) is 55.6 Å². The molecule has 0 radical (unpaired) electrons. The SMILES string of the molecule is CCC(=O)C(CCCCCCCCOc1ccc(OCc2ccccc2)cc1)C(=O)CC. The molecule has 0 bridgehead atoms. The summed E-state index contributed by atoms with van der Waals surface area (Å²) in [6, 6.07) is 17.9. The van der Waals surface area contributed by atoms with Crippen LogP contribution in [0.15, 0.2) is 54.6 Å². The molecule has 4 heteroatoms. The van der Waals surface area contributed by atoms with Crippen LogP contribution in [0.3, 0.4) is 0 Å². The van der Waals surface area contributed by atoms with Crippen molar-refractivity contribution < 1.29 is 19.1 Å². The zero-order chi connectivity index (χ0) is 23.0. The second kappa shape index (κ2) is 15.2. The van der Waals surface area contributed by atoms with Crippen molar-refractivity contribution in [1.82, 2.24) is 0 Å². The lowest BCUT2D eigenvalue weighted by atomic mass is 9.90. The summed E-state index contributed by atoms with van der Waals surface area (Å²) in [6.45, 7) is 4.96. The molecule has 0 saturated carbocycles. The molecule has 0 saturated heterocycles. The summed E-state index contributed by atoms with van der Waals surface area (Å²) in [5, 5.41) is 0. The van der Waals surface area contributed by atoms with E-state index in [9.17, 15) is 9.59 Å². The number of carbonyl (C=O) groups is 2. The Kier molecular flexibility index (Phi) is 12.2. The fourth-order valence-corrected chi connectivity index (χ4v) is 3.71. The molecule has 0 aromatic heterocycles. The first-order valence-electron chi connectivity index (χ1n) is 12.1. The van der Waals surface area contributed by atoms with Gasteiger partial charge in [0.25, 0.3) is 0 Å². The zero-order valence-corrected chi connectivity index (χ0v) is 19.7. The van der Waals surface area contributed by atoms with E-state index in [1.165, 1.54) is 0 Å². The van der Waals surface area contributed by atoms with E-state index >= 15 is 0 Å². The number of ketones is 2. The van der Waals surface area contributed by atoms with Crippen molar-refractivity contribution in [1.29, 1.82) is 0 Å². The average Bonchev–Trinajstić information content (AvgIpc) is 2.84. The lowest BCUT2D eigenvalue weighted by Gasteiger charge is -2.12. The number of rotatable bonds is 17. The van der Waals surface area contributed by atoms with Gasteiger partial charge in [-0.05, 0) is 42.7 Å². The first-order chi connectivity index (χ1) is 15.6. The van der Waals surface area contributed by atoms with Gasteiger partial charge in [0, 0.05) is 12.8 Å². The van der Waals surface area contributed by atoms with E-state index in [0.29, 0.717) is 32.5 Å². The quantitative estimate of drug-likeness (QED) is 0.198. The molecule has 0 aliphatic rings. The maximum atomic E-state index is 11.9. The minimum absolute atomic E-state index is 0.102. The molecule has 4 nitrogen and oxygen atoms in total. The molecule has 0 spiro atoms. The number of hydrogen-bond acceptors (Lipinski definition) is 4. The molecule has 2 aromatic rings. The highest BCUT2D eigenvalue weighted by Gasteiger charge is 2.22. The molecule has 0 aliphatic heterocycles. The standard InChI is InChI=1S/C28H38O4/c1-3-27(29)26(28(30)4-2)16-12-7-5-6-8-13-21-31-24-17-19-25(20-18-24)32-22-23-14-10-9-11-15-23/h9-11,14-15,17-20,26H,3-8,12-13,16,21-22H2,1-2H3. The van der Waals surface area contributed by atoms with Crippen molar-refractivity contribution in [2.45, 2.75) is 78.2 Å². The maximum Gasteiger partial charge on any atom is 0.143 e. The van der Waals surface area contributed by atoms with E-state index < -0.39 is 0 Å². The lowest BCUT2D eigenvalue weighted by Crippen LogP contribution is -2.22. The number of Topliss-reactive ketones (excluding diaryl/α,β-unsaturated/α-hetero) is 2. The van der Waals surface area contributed by atoms with E-state index in [4.69, 9.17) is 9.47 Å². The Morgan fingerprint density at radius 3 is 1.81 bits per heavy atom. The minimum atomic E-state index is -0.367. The fourth-order valence-electron chi connectivity index (χ4n) is 3.71. The van der Waals surface area contributed by atoms with Crippen molar-refractivity contribution >= 4 is 11.6 Å². The summed E-state index contributed by atoms with van der Waals surface area (Å²) in [5.74, 6) is 1.54. The third-order valence-electron chi connectivity index (χ3n) is 5.70. The van der Waals surface area contributed by atoms with Crippen LogP contribution in [0.4, 0.5) is 0 Å². The fraction of sp³-hybridized carbons (Fsp3) is 0.500. The third-order valence-corrected chi connectivity index (χ3v) is 5.70. The van der Waals surface area contributed by atoms with Crippen molar-refractivity contribution in [2.75, 3.05) is 6.61 Å². The summed E-state index contributed by atoms with van der Waals surface area (Å²) >= 11 is 0. The zero-order valence-electron chi connectivity index (χ0n) is 19.7. The molecule has 2 aromatic carbocycles. The molecule has 0 aliphatic carbocycles. The second-order valence-corrected chi connectivity index (χ2v) is 8.20. The second-order valence-electron chi connectivity index (χ2n) is 8.20. The molecule has 0 fully saturated rings. The van der Waals surface area contributed by atoms with Crippen LogP contribution in [0, 0.1) is 5.92 Å². The summed E-state index contributed by atoms with van der Waals surface area (Å²) < 4.78 is 11.6. The van der Waals surface area contributed by atoms with Crippen LogP contribution in [0.5, 0.6) is 11.5 Å². The predicted molar refractivity (Wildman–Crippen MR) is 129 cm³/mol. The molecule has 174 valence electrons. The van der Waals surface area contributed by atoms with E-state index in [2.05, 4.69) is 12.1 Å². The van der Waals surface area contributed by atoms with Crippen molar-refractivity contribution in [3.63, 3.8) is 0 Å². The number of ether oxygens (including phenoxy) is 2. The number of benzene rings is 2. The largest absolute Gasteiger partial charge is 0.494 e. The van der Waals surface area contributed by atoms with Gasteiger partial charge < -0.3 is 9.47 Å². The molecule has 0 heterocycles. The number of unbranched alkanes of at least 4 members (excludes halogenated alkanes) is 5. The number of hydrogen-bond donors (Lipinski definition) is 0. The Morgan fingerprint density at radius 1 is 0.688 bits per heavy atom. The van der Waals surface area contributed by atoms with Crippen LogP contribution < -0.4 is 9.47 Å². The van der Waals surface area contributed by atoms with Gasteiger partial charge in [0.05, 0.1) is 12.5 Å². The Morgan fingerprint density at radius 2 is 1.22 bits per heavy atom. The van der Waals surface area contributed by atoms with Gasteiger partial charge in [0.1, 0.15) is 29.7 Å². The van der Waals surface area contributed by atoms with Crippen LogP contribution in [0.25, 0.3) is 0 Å². The van der Waals surface area contributed by atoms with Crippen molar-refractivity contribution in [2.24, 2.45) is 5.92 Å². The lowest BCUT2D eigenvalue weighted by molar-refractivity contribution is -0.132. The summed E-state index contributed by atoms with van der Waals surface area (Å²) in [4.78, 5) is 23.9. The molecule has 0 unspecified atom stereocenters. The molecule has 0 atom stereocenters. The van der Waals surface area contributed by atoms with Gasteiger partial charge in [-0.2, -0.15) is 0 Å². The van der Waals surface area contributed by atoms with Gasteiger partial charge in [-0.3, -0.25) is 9.59 Å². The van der Waals surface area contributed by atoms with Crippen LogP contribution >= 0.6 is 0 Å². The minimum Gasteiger partial charge on any atom is -0.494 e. The molecular formula is C28H38O4. The maximum absolute atomic E-state index is 11.9. The molecule has 2 rings (SSSR count). The molecule has 0 amide bonds. The Balaban J connectivity index is 1.52. The van der Waals surface area contributed by atoms with Gasteiger partial charge in [-0.1, -0.05) is 76.3 Å². The molecule has 0 N–H and O–H groups in total. The van der Waals surface area contributed by atoms with Crippen molar-refractivity contribution in [3.8, 4) is 11.5 Å². The van der Waals surface area contributed by atoms with Crippen LogP contribution in [0.2, 0.25) is 0 Å². The highest BCUT2D eigenvalue weighted by atomic mass is 16.5. The molecule has 32 heavy (non-hydrogen) atoms. The van der Waals surface area contributed by atoms with Gasteiger partial charge >= 0.3 is 0 Å². The monoisotopic (exact) mass is 438 g/mol. The van der Waals surface area contributed by atoms with Gasteiger partial charge in [-0.15, -0.1) is 0 Å².